The quantitative estimate of drug-likeness (QED) is 0.575. The van der Waals surface area contributed by atoms with Crippen LogP contribution in [0.1, 0.15) is 37.6 Å². The molecule has 2 amide bonds. The minimum atomic E-state index is -2.48. The fourth-order valence-electron chi connectivity index (χ4n) is 1.68. The summed E-state index contributed by atoms with van der Waals surface area (Å²) in [7, 11) is 0. The first kappa shape index (κ1) is 20.2. The van der Waals surface area contributed by atoms with E-state index in [0.29, 0.717) is 41.7 Å². The monoisotopic (exact) mass is 360 g/mol. The van der Waals surface area contributed by atoms with E-state index in [4.69, 9.17) is 4.74 Å². The third-order valence-electron chi connectivity index (χ3n) is 2.65. The lowest BCUT2D eigenvalue weighted by atomic mass is 10.2. The Morgan fingerprint density at radius 3 is 2.25 bits per heavy atom. The summed E-state index contributed by atoms with van der Waals surface area (Å²) in [6.07, 6.45) is 0.0468. The average molecular weight is 360 g/mol. The Balaban J connectivity index is 2.25. The van der Waals surface area contributed by atoms with Gasteiger partial charge in [0.15, 0.2) is 0 Å². The first-order chi connectivity index (χ1) is 11.2. The first-order valence-corrected chi connectivity index (χ1v) is 8.35. The molecule has 1 rings (SSSR count). The Labute approximate surface area is 144 Å². The summed E-state index contributed by atoms with van der Waals surface area (Å²) in [5.74, 6) is -2.77. The Kier molecular flexibility index (Phi) is 7.97. The van der Waals surface area contributed by atoms with E-state index in [0.717, 1.165) is 0 Å². The first-order valence-electron chi connectivity index (χ1n) is 7.47. The Hall–Kier alpha value is -1.83. The van der Waals surface area contributed by atoms with Crippen LogP contribution in [0.15, 0.2) is 29.2 Å². The molecule has 5 nitrogen and oxygen atoms in total. The van der Waals surface area contributed by atoms with Gasteiger partial charge in [-0.15, -0.1) is 0 Å². The maximum absolute atomic E-state index is 12.2. The van der Waals surface area contributed by atoms with Crippen LogP contribution in [-0.4, -0.2) is 36.4 Å². The fraction of sp³-hybridized carbons (Fsp3) is 0.500. The fourth-order valence-corrected chi connectivity index (χ4v) is 2.18. The Bertz CT molecular complexity index is 545. The van der Waals surface area contributed by atoms with Crippen molar-refractivity contribution in [3.05, 3.63) is 29.8 Å². The molecule has 0 unspecified atom stereocenters. The molecule has 0 radical (unpaired) electrons. The number of halogens is 2. The zero-order valence-electron chi connectivity index (χ0n) is 13.9. The second-order valence-corrected chi connectivity index (χ2v) is 7.00. The summed E-state index contributed by atoms with van der Waals surface area (Å²) in [5.41, 5.74) is -0.152. The van der Waals surface area contributed by atoms with Crippen molar-refractivity contribution in [2.75, 3.05) is 13.1 Å². The van der Waals surface area contributed by atoms with Crippen molar-refractivity contribution in [3.63, 3.8) is 0 Å². The highest BCUT2D eigenvalue weighted by molar-refractivity contribution is 7.99. The van der Waals surface area contributed by atoms with Gasteiger partial charge in [-0.05, 0) is 51.5 Å². The molecule has 0 aliphatic carbocycles. The molecule has 0 spiro atoms. The van der Waals surface area contributed by atoms with Gasteiger partial charge in [-0.2, -0.15) is 8.78 Å². The van der Waals surface area contributed by atoms with E-state index in [1.54, 1.807) is 20.8 Å². The molecule has 1 aromatic rings. The average Bonchev–Trinajstić information content (AvgIpc) is 2.45. The van der Waals surface area contributed by atoms with Gasteiger partial charge in [-0.1, -0.05) is 11.8 Å². The lowest BCUT2D eigenvalue weighted by molar-refractivity contribution is 0.0527. The highest BCUT2D eigenvalue weighted by Crippen LogP contribution is 2.25. The van der Waals surface area contributed by atoms with Crippen molar-refractivity contribution in [1.29, 1.82) is 0 Å². The third-order valence-corrected chi connectivity index (χ3v) is 3.37. The number of alkyl carbamates (subject to hydrolysis) is 1. The lowest BCUT2D eigenvalue weighted by Gasteiger charge is -2.19. The summed E-state index contributed by atoms with van der Waals surface area (Å²) >= 11 is 0.433. The summed E-state index contributed by atoms with van der Waals surface area (Å²) in [6.45, 7) is 6.08. The molecule has 0 heterocycles. The molecule has 2 N–H and O–H groups in total. The lowest BCUT2D eigenvalue weighted by Crippen LogP contribution is -2.34. The standard InChI is InChI=1S/C16H22F2N2O3S/c1-16(2,3)23-15(22)20-10-4-9-19-13(21)11-5-7-12(8-6-11)24-14(17)18/h5-8,14H,4,9-10H2,1-3H3,(H,19,21)(H,20,22). The highest BCUT2D eigenvalue weighted by atomic mass is 32.2. The maximum atomic E-state index is 12.2. The predicted octanol–water partition coefficient (Wildman–Crippen LogP) is 3.65. The van der Waals surface area contributed by atoms with E-state index < -0.39 is 17.5 Å². The van der Waals surface area contributed by atoms with Gasteiger partial charge in [-0.3, -0.25) is 4.79 Å². The van der Waals surface area contributed by atoms with Crippen LogP contribution >= 0.6 is 11.8 Å². The number of carbonyl (C=O) groups is 2. The summed E-state index contributed by atoms with van der Waals surface area (Å²) in [4.78, 5) is 23.7. The van der Waals surface area contributed by atoms with Crippen LogP contribution in [0, 0.1) is 0 Å². The number of ether oxygens (including phenoxy) is 1. The Morgan fingerprint density at radius 1 is 1.12 bits per heavy atom. The van der Waals surface area contributed by atoms with Crippen LogP contribution < -0.4 is 10.6 Å². The zero-order chi connectivity index (χ0) is 18.2. The van der Waals surface area contributed by atoms with E-state index in [1.807, 2.05) is 0 Å². The second kappa shape index (κ2) is 9.46. The number of amides is 2. The van der Waals surface area contributed by atoms with Crippen LogP contribution in [0.4, 0.5) is 13.6 Å². The topological polar surface area (TPSA) is 67.4 Å². The van der Waals surface area contributed by atoms with Gasteiger partial charge >= 0.3 is 6.09 Å². The van der Waals surface area contributed by atoms with Gasteiger partial charge in [-0.25, -0.2) is 4.79 Å². The molecule has 0 aromatic heterocycles. The number of carbonyl (C=O) groups excluding carboxylic acids is 2. The van der Waals surface area contributed by atoms with E-state index in [1.165, 1.54) is 24.3 Å². The molecule has 0 atom stereocenters. The zero-order valence-corrected chi connectivity index (χ0v) is 14.7. The van der Waals surface area contributed by atoms with Crippen molar-refractivity contribution >= 4 is 23.8 Å². The van der Waals surface area contributed by atoms with Crippen LogP contribution in [0.5, 0.6) is 0 Å². The molecule has 0 bridgehead atoms. The van der Waals surface area contributed by atoms with Gasteiger partial charge in [0.2, 0.25) is 0 Å². The van der Waals surface area contributed by atoms with Crippen molar-refractivity contribution in [2.45, 2.75) is 43.4 Å². The number of rotatable bonds is 7. The molecule has 1 aromatic carbocycles. The largest absolute Gasteiger partial charge is 0.444 e. The molecule has 0 aliphatic heterocycles. The van der Waals surface area contributed by atoms with Gasteiger partial charge in [0, 0.05) is 23.5 Å². The van der Waals surface area contributed by atoms with Crippen LogP contribution in [-0.2, 0) is 4.74 Å². The van der Waals surface area contributed by atoms with Gasteiger partial charge in [0.1, 0.15) is 5.60 Å². The van der Waals surface area contributed by atoms with E-state index in [-0.39, 0.29) is 5.91 Å². The normalized spacial score (nSPS) is 11.2. The van der Waals surface area contributed by atoms with Crippen molar-refractivity contribution in [3.8, 4) is 0 Å². The number of hydrogen-bond donors (Lipinski definition) is 2. The maximum Gasteiger partial charge on any atom is 0.407 e. The highest BCUT2D eigenvalue weighted by Gasteiger charge is 2.15. The number of hydrogen-bond acceptors (Lipinski definition) is 4. The number of nitrogens with one attached hydrogen (secondary N) is 2. The SMILES string of the molecule is CC(C)(C)OC(=O)NCCCNC(=O)c1ccc(SC(F)F)cc1. The van der Waals surface area contributed by atoms with Gasteiger partial charge in [0.25, 0.3) is 11.7 Å². The molecule has 24 heavy (non-hydrogen) atoms. The van der Waals surface area contributed by atoms with Crippen LogP contribution in [0.25, 0.3) is 0 Å². The smallest absolute Gasteiger partial charge is 0.407 e. The summed E-state index contributed by atoms with van der Waals surface area (Å²) < 4.78 is 29.5. The molecule has 134 valence electrons. The molecular formula is C16H22F2N2O3S. The minimum absolute atomic E-state index is 0.291. The van der Waals surface area contributed by atoms with Gasteiger partial charge in [0.05, 0.1) is 0 Å². The summed E-state index contributed by atoms with van der Waals surface area (Å²) in [5, 5.41) is 5.29. The number of alkyl halides is 2. The van der Waals surface area contributed by atoms with Crippen LogP contribution in [0.2, 0.25) is 0 Å². The Morgan fingerprint density at radius 2 is 1.71 bits per heavy atom. The minimum Gasteiger partial charge on any atom is -0.444 e. The summed E-state index contributed by atoms with van der Waals surface area (Å²) in [6, 6.07) is 5.96. The molecule has 0 saturated heterocycles. The molecule has 8 heteroatoms. The number of benzene rings is 1. The van der Waals surface area contributed by atoms with Crippen molar-refractivity contribution < 1.29 is 23.1 Å². The second-order valence-electron chi connectivity index (χ2n) is 5.94. The van der Waals surface area contributed by atoms with Crippen molar-refractivity contribution in [2.24, 2.45) is 0 Å². The number of thioether (sulfide) groups is 1. The third kappa shape index (κ3) is 8.71. The van der Waals surface area contributed by atoms with E-state index in [2.05, 4.69) is 10.6 Å². The molecule has 0 aliphatic rings. The van der Waals surface area contributed by atoms with Crippen molar-refractivity contribution in [1.82, 2.24) is 10.6 Å². The van der Waals surface area contributed by atoms with E-state index >= 15 is 0 Å². The van der Waals surface area contributed by atoms with E-state index in [9.17, 15) is 18.4 Å². The van der Waals surface area contributed by atoms with Gasteiger partial charge < -0.3 is 15.4 Å². The molecular weight excluding hydrogens is 338 g/mol. The van der Waals surface area contributed by atoms with Crippen LogP contribution in [0.3, 0.4) is 0 Å². The molecule has 0 saturated carbocycles. The molecule has 0 fully saturated rings. The predicted molar refractivity (Wildman–Crippen MR) is 89.5 cm³/mol.